The number of benzene rings is 1. The minimum atomic E-state index is -5.00. The van der Waals surface area contributed by atoms with E-state index in [-0.39, 0.29) is 10.6 Å². The highest BCUT2D eigenvalue weighted by Gasteiger charge is 2.38. The summed E-state index contributed by atoms with van der Waals surface area (Å²) in [6.07, 6.45) is -5.00. The first-order valence-corrected chi connectivity index (χ1v) is 6.34. The normalized spacial score (nSPS) is 12.2. The van der Waals surface area contributed by atoms with Crippen molar-refractivity contribution in [1.29, 1.82) is 0 Å². The molecule has 1 amide bonds. The lowest BCUT2D eigenvalue weighted by molar-refractivity contribution is -0.167. The number of amides is 1. The second-order valence-electron chi connectivity index (χ2n) is 2.91. The van der Waals surface area contributed by atoms with E-state index in [1.165, 1.54) is 0 Å². The molecule has 0 fully saturated rings. The molecule has 0 unspecified atom stereocenters. The first-order valence-electron chi connectivity index (χ1n) is 4.03. The smallest absolute Gasteiger partial charge is 0.318 e. The second kappa shape index (κ2) is 4.53. The number of nitrogens with one attached hydrogen (secondary N) is 1. The predicted molar refractivity (Wildman–Crippen MR) is 54.2 cm³/mol. The molecule has 1 rings (SSSR count). The fourth-order valence-corrected chi connectivity index (χ4v) is 1.67. The van der Waals surface area contributed by atoms with Crippen LogP contribution in [0.15, 0.2) is 29.2 Å². The number of hydrogen-bond donors (Lipinski definition) is 1. The molecule has 0 saturated heterocycles. The molecule has 0 aromatic heterocycles. The summed E-state index contributed by atoms with van der Waals surface area (Å²) in [5, 5.41) is 1.56. The molecule has 1 N–H and O–H groups in total. The van der Waals surface area contributed by atoms with Crippen molar-refractivity contribution in [1.82, 2.24) is 0 Å². The van der Waals surface area contributed by atoms with Gasteiger partial charge in [0.2, 0.25) is 0 Å². The number of carbonyl (C=O) groups is 1. The molecule has 0 radical (unpaired) electrons. The third kappa shape index (κ3) is 3.90. The molecule has 0 aliphatic carbocycles. The number of rotatable bonds is 2. The van der Waals surface area contributed by atoms with Gasteiger partial charge in [-0.1, -0.05) is 0 Å². The van der Waals surface area contributed by atoms with Crippen LogP contribution in [0, 0.1) is 0 Å². The topological polar surface area (TPSA) is 63.2 Å². The molecule has 0 aliphatic rings. The van der Waals surface area contributed by atoms with Crippen molar-refractivity contribution in [2.24, 2.45) is 0 Å². The molecule has 4 nitrogen and oxygen atoms in total. The van der Waals surface area contributed by atoms with Gasteiger partial charge in [0.1, 0.15) is 0 Å². The van der Waals surface area contributed by atoms with Crippen LogP contribution in [0.1, 0.15) is 0 Å². The third-order valence-corrected chi connectivity index (χ3v) is 3.02. The van der Waals surface area contributed by atoms with E-state index in [2.05, 4.69) is 0 Å². The Labute approximate surface area is 98.8 Å². The Balaban J connectivity index is 2.87. The number of carbonyl (C=O) groups excluding carboxylic acids is 1. The third-order valence-electron chi connectivity index (χ3n) is 1.65. The van der Waals surface area contributed by atoms with E-state index in [1.54, 1.807) is 5.32 Å². The number of hydrogen-bond acceptors (Lipinski definition) is 3. The minimum absolute atomic E-state index is 0.184. The zero-order valence-corrected chi connectivity index (χ0v) is 9.53. The Morgan fingerprint density at radius 1 is 1.18 bits per heavy atom. The molecule has 0 spiro atoms. The minimum Gasteiger partial charge on any atom is -0.318 e. The first-order chi connectivity index (χ1) is 7.60. The highest BCUT2D eigenvalue weighted by Crippen LogP contribution is 2.20. The molecule has 0 bridgehead atoms. The van der Waals surface area contributed by atoms with E-state index in [9.17, 15) is 26.4 Å². The molecule has 0 aliphatic heterocycles. The number of anilines is 1. The van der Waals surface area contributed by atoms with Crippen LogP contribution >= 0.6 is 10.7 Å². The molecule has 0 saturated carbocycles. The zero-order chi connectivity index (χ0) is 13.3. The lowest BCUT2D eigenvalue weighted by Crippen LogP contribution is -2.29. The van der Waals surface area contributed by atoms with Gasteiger partial charge in [-0.2, -0.15) is 13.2 Å². The maximum atomic E-state index is 11.9. The Kier molecular flexibility index (Phi) is 3.68. The van der Waals surface area contributed by atoms with Gasteiger partial charge in [0, 0.05) is 16.4 Å². The van der Waals surface area contributed by atoms with Crippen molar-refractivity contribution in [2.45, 2.75) is 11.1 Å². The van der Waals surface area contributed by atoms with Gasteiger partial charge in [-0.3, -0.25) is 4.79 Å². The van der Waals surface area contributed by atoms with Crippen molar-refractivity contribution < 1.29 is 26.4 Å². The summed E-state index contributed by atoms with van der Waals surface area (Å²) in [6, 6.07) is 3.96. The Morgan fingerprint density at radius 3 is 2.00 bits per heavy atom. The van der Waals surface area contributed by atoms with Crippen LogP contribution < -0.4 is 5.32 Å². The van der Waals surface area contributed by atoms with E-state index >= 15 is 0 Å². The summed E-state index contributed by atoms with van der Waals surface area (Å²) in [6.45, 7) is 0. The monoisotopic (exact) mass is 287 g/mol. The Hall–Kier alpha value is -1.28. The SMILES string of the molecule is O=C(Nc1ccc(S(=O)(=O)Cl)cc1)C(F)(F)F. The standard InChI is InChI=1S/C8H5ClF3NO3S/c9-17(15,16)6-3-1-5(2-4-6)13-7(14)8(10,11)12/h1-4H,(H,13,14). The maximum absolute atomic E-state index is 11.9. The van der Waals surface area contributed by atoms with Crippen LogP contribution in [0.2, 0.25) is 0 Å². The summed E-state index contributed by atoms with van der Waals surface area (Å²) in [7, 11) is 1.05. The summed E-state index contributed by atoms with van der Waals surface area (Å²) >= 11 is 0. The van der Waals surface area contributed by atoms with Gasteiger partial charge in [0.25, 0.3) is 9.05 Å². The molecule has 0 atom stereocenters. The lowest BCUT2D eigenvalue weighted by Gasteiger charge is -2.07. The van der Waals surface area contributed by atoms with Crippen LogP contribution in [-0.4, -0.2) is 20.5 Å². The quantitative estimate of drug-likeness (QED) is 0.848. The molecule has 1 aromatic carbocycles. The van der Waals surface area contributed by atoms with Crippen molar-refractivity contribution in [3.05, 3.63) is 24.3 Å². The van der Waals surface area contributed by atoms with E-state index in [0.29, 0.717) is 0 Å². The van der Waals surface area contributed by atoms with Crippen molar-refractivity contribution in [3.63, 3.8) is 0 Å². The van der Waals surface area contributed by atoms with Crippen LogP contribution in [0.4, 0.5) is 18.9 Å². The fraction of sp³-hybridized carbons (Fsp3) is 0.125. The average Bonchev–Trinajstić information content (AvgIpc) is 2.15. The Morgan fingerprint density at radius 2 is 1.65 bits per heavy atom. The van der Waals surface area contributed by atoms with Gasteiger partial charge < -0.3 is 5.32 Å². The second-order valence-corrected chi connectivity index (χ2v) is 5.48. The summed E-state index contributed by atoms with van der Waals surface area (Å²) in [5.41, 5.74) is -0.184. The van der Waals surface area contributed by atoms with Crippen LogP contribution in [0.5, 0.6) is 0 Å². The highest BCUT2D eigenvalue weighted by atomic mass is 35.7. The van der Waals surface area contributed by atoms with E-state index in [4.69, 9.17) is 10.7 Å². The zero-order valence-electron chi connectivity index (χ0n) is 7.95. The molecule has 17 heavy (non-hydrogen) atoms. The highest BCUT2D eigenvalue weighted by molar-refractivity contribution is 8.13. The van der Waals surface area contributed by atoms with Gasteiger partial charge in [0.15, 0.2) is 0 Å². The van der Waals surface area contributed by atoms with Crippen molar-refractivity contribution in [2.75, 3.05) is 5.32 Å². The largest absolute Gasteiger partial charge is 0.471 e. The van der Waals surface area contributed by atoms with E-state index in [0.717, 1.165) is 24.3 Å². The lowest BCUT2D eigenvalue weighted by atomic mass is 10.3. The molecular formula is C8H5ClF3NO3S. The summed E-state index contributed by atoms with van der Waals surface area (Å²) < 4.78 is 57.3. The maximum Gasteiger partial charge on any atom is 0.471 e. The van der Waals surface area contributed by atoms with Crippen LogP contribution in [0.3, 0.4) is 0 Å². The molecule has 1 aromatic rings. The molecule has 0 heterocycles. The average molecular weight is 288 g/mol. The van der Waals surface area contributed by atoms with Gasteiger partial charge in [-0.05, 0) is 24.3 Å². The van der Waals surface area contributed by atoms with E-state index < -0.39 is 21.1 Å². The van der Waals surface area contributed by atoms with Gasteiger partial charge in [-0.15, -0.1) is 0 Å². The van der Waals surface area contributed by atoms with Crippen LogP contribution in [-0.2, 0) is 13.8 Å². The molecule has 9 heteroatoms. The first kappa shape index (κ1) is 13.8. The molecular weight excluding hydrogens is 283 g/mol. The Bertz CT molecular complexity index is 524. The van der Waals surface area contributed by atoms with Crippen molar-refractivity contribution >= 4 is 31.3 Å². The summed E-state index contributed by atoms with van der Waals surface area (Å²) in [5.74, 6) is -2.14. The van der Waals surface area contributed by atoms with Crippen LogP contribution in [0.25, 0.3) is 0 Å². The van der Waals surface area contributed by atoms with Gasteiger partial charge >= 0.3 is 12.1 Å². The van der Waals surface area contributed by atoms with Gasteiger partial charge in [-0.25, -0.2) is 8.42 Å². The number of halogens is 4. The van der Waals surface area contributed by atoms with Gasteiger partial charge in [0.05, 0.1) is 4.90 Å². The predicted octanol–water partition coefficient (Wildman–Crippen LogP) is 2.11. The van der Waals surface area contributed by atoms with Crippen molar-refractivity contribution in [3.8, 4) is 0 Å². The summed E-state index contributed by atoms with van der Waals surface area (Å²) in [4.78, 5) is 10.3. The molecule has 94 valence electrons. The van der Waals surface area contributed by atoms with E-state index in [1.807, 2.05) is 0 Å². The number of alkyl halides is 3. The fourth-order valence-electron chi connectivity index (χ4n) is 0.903.